The topological polar surface area (TPSA) is 115 Å². The van der Waals surface area contributed by atoms with Crippen molar-refractivity contribution in [1.82, 2.24) is 14.5 Å². The number of pyridine rings is 1. The third-order valence-corrected chi connectivity index (χ3v) is 7.33. The van der Waals surface area contributed by atoms with E-state index in [9.17, 15) is 4.79 Å². The first-order valence-electron chi connectivity index (χ1n) is 11.6. The molecule has 3 heterocycles. The van der Waals surface area contributed by atoms with E-state index in [-0.39, 0.29) is 12.7 Å². The summed E-state index contributed by atoms with van der Waals surface area (Å²) < 4.78 is 8.05. The Labute approximate surface area is 222 Å². The molecule has 5 rings (SSSR count). The van der Waals surface area contributed by atoms with Crippen molar-refractivity contribution in [3.8, 4) is 21.9 Å². The van der Waals surface area contributed by atoms with E-state index in [4.69, 9.17) is 27.2 Å². The number of hydrogen-bond donors (Lipinski definition) is 3. The van der Waals surface area contributed by atoms with E-state index in [0.29, 0.717) is 28.0 Å². The van der Waals surface area contributed by atoms with Crippen LogP contribution in [0.3, 0.4) is 0 Å². The average Bonchev–Trinajstić information content (AvgIpc) is 3.51. The Morgan fingerprint density at radius 1 is 1.16 bits per heavy atom. The van der Waals surface area contributed by atoms with Crippen LogP contribution in [-0.4, -0.2) is 38.7 Å². The standard InChI is InChI=1S/C27H24ClN5O3S/c1-16(19-4-2-3-5-20(19)28)36-23-13-25(37-26(23)27(29)35)33-15-32-21-12-17(6-8-22(21)33)18-7-9-24(31-14-18)30-10-11-34/h2-9,12-16,34H,10-11H2,1H3,(H2,29,35)(H,30,31)/t16-/m1/s1. The number of carbonyl (C=O) groups is 1. The van der Waals surface area contributed by atoms with Crippen molar-refractivity contribution in [1.29, 1.82) is 0 Å². The summed E-state index contributed by atoms with van der Waals surface area (Å²) in [6, 6.07) is 19.0. The van der Waals surface area contributed by atoms with E-state index in [1.807, 2.05) is 60.0 Å². The van der Waals surface area contributed by atoms with Crippen molar-refractivity contribution in [2.24, 2.45) is 5.73 Å². The molecule has 1 amide bonds. The minimum absolute atomic E-state index is 0.0436. The maximum atomic E-state index is 12.2. The number of anilines is 1. The SMILES string of the molecule is C[C@@H](Oc1cc(-n2cnc3cc(-c4ccc(NCCO)nc4)ccc32)sc1C(N)=O)c1ccccc1Cl. The van der Waals surface area contributed by atoms with Crippen molar-refractivity contribution in [3.63, 3.8) is 0 Å². The summed E-state index contributed by atoms with van der Waals surface area (Å²) in [5.74, 6) is 0.543. The minimum atomic E-state index is -0.561. The van der Waals surface area contributed by atoms with E-state index in [1.54, 1.807) is 24.7 Å². The van der Waals surface area contributed by atoms with Gasteiger partial charge in [0.05, 0.1) is 17.6 Å². The van der Waals surface area contributed by atoms with Gasteiger partial charge in [0.15, 0.2) is 0 Å². The molecule has 0 bridgehead atoms. The number of nitrogens with two attached hydrogens (primary N) is 1. The summed E-state index contributed by atoms with van der Waals surface area (Å²) in [7, 11) is 0. The van der Waals surface area contributed by atoms with Crippen molar-refractivity contribution in [3.05, 3.63) is 88.7 Å². The first-order chi connectivity index (χ1) is 17.9. The van der Waals surface area contributed by atoms with Crippen molar-refractivity contribution >= 4 is 45.7 Å². The molecule has 0 saturated heterocycles. The number of benzene rings is 2. The normalized spacial score (nSPS) is 12.0. The molecule has 1 atom stereocenters. The molecule has 188 valence electrons. The van der Waals surface area contributed by atoms with Crippen LogP contribution >= 0.6 is 22.9 Å². The molecule has 0 fully saturated rings. The van der Waals surface area contributed by atoms with Crippen molar-refractivity contribution in [2.45, 2.75) is 13.0 Å². The molecule has 2 aromatic carbocycles. The third kappa shape index (κ3) is 5.15. The van der Waals surface area contributed by atoms with Crippen LogP contribution < -0.4 is 15.8 Å². The van der Waals surface area contributed by atoms with Gasteiger partial charge >= 0.3 is 0 Å². The van der Waals surface area contributed by atoms with Gasteiger partial charge in [-0.15, -0.1) is 11.3 Å². The van der Waals surface area contributed by atoms with E-state index in [1.165, 1.54) is 11.3 Å². The Morgan fingerprint density at radius 2 is 1.97 bits per heavy atom. The summed E-state index contributed by atoms with van der Waals surface area (Å²) in [6.07, 6.45) is 3.11. The molecule has 10 heteroatoms. The molecule has 3 aromatic heterocycles. The molecule has 4 N–H and O–H groups in total. The number of imidazole rings is 1. The minimum Gasteiger partial charge on any atom is -0.484 e. The lowest BCUT2D eigenvalue weighted by atomic mass is 10.1. The zero-order valence-corrected chi connectivity index (χ0v) is 21.5. The fraction of sp³-hybridized carbons (Fsp3) is 0.148. The lowest BCUT2D eigenvalue weighted by Crippen LogP contribution is -2.12. The van der Waals surface area contributed by atoms with Gasteiger partial charge in [-0.05, 0) is 42.8 Å². The van der Waals surface area contributed by atoms with Gasteiger partial charge in [0, 0.05) is 35.0 Å². The number of rotatable bonds is 9. The second-order valence-corrected chi connectivity index (χ2v) is 9.76. The first-order valence-corrected chi connectivity index (χ1v) is 12.8. The number of ether oxygens (including phenoxy) is 1. The Kier molecular flexibility index (Phi) is 7.09. The predicted octanol–water partition coefficient (Wildman–Crippen LogP) is 5.45. The van der Waals surface area contributed by atoms with E-state index < -0.39 is 5.91 Å². The molecule has 37 heavy (non-hydrogen) atoms. The molecule has 0 unspecified atom stereocenters. The van der Waals surface area contributed by atoms with Crippen LogP contribution in [0, 0.1) is 0 Å². The second kappa shape index (κ2) is 10.6. The number of carbonyl (C=O) groups excluding carboxylic acids is 1. The third-order valence-electron chi connectivity index (χ3n) is 5.86. The Balaban J connectivity index is 1.44. The monoisotopic (exact) mass is 533 g/mol. The molecule has 0 aliphatic heterocycles. The Bertz CT molecular complexity index is 1560. The molecule has 0 spiro atoms. The highest BCUT2D eigenvalue weighted by Crippen LogP contribution is 2.37. The van der Waals surface area contributed by atoms with Crippen LogP contribution in [0.4, 0.5) is 5.82 Å². The number of thiophene rings is 1. The van der Waals surface area contributed by atoms with Crippen LogP contribution in [0.25, 0.3) is 27.2 Å². The highest BCUT2D eigenvalue weighted by Gasteiger charge is 2.21. The highest BCUT2D eigenvalue weighted by molar-refractivity contribution is 7.16. The van der Waals surface area contributed by atoms with Crippen LogP contribution in [0.5, 0.6) is 5.75 Å². The van der Waals surface area contributed by atoms with Crippen molar-refractivity contribution in [2.75, 3.05) is 18.5 Å². The number of nitrogens with zero attached hydrogens (tertiary/aromatic N) is 3. The lowest BCUT2D eigenvalue weighted by molar-refractivity contribution is 0.0998. The number of halogens is 1. The van der Waals surface area contributed by atoms with Gasteiger partial charge in [-0.3, -0.25) is 9.36 Å². The smallest absolute Gasteiger partial charge is 0.262 e. The number of nitrogens with one attached hydrogen (secondary N) is 1. The summed E-state index contributed by atoms with van der Waals surface area (Å²) in [5.41, 5.74) is 10.1. The van der Waals surface area contributed by atoms with Crippen LogP contribution in [0.1, 0.15) is 28.3 Å². The number of fused-ring (bicyclic) bond motifs is 1. The van der Waals surface area contributed by atoms with Crippen LogP contribution in [-0.2, 0) is 0 Å². The number of aliphatic hydroxyl groups excluding tert-OH is 1. The van der Waals surface area contributed by atoms with Crippen molar-refractivity contribution < 1.29 is 14.6 Å². The quantitative estimate of drug-likeness (QED) is 0.232. The van der Waals surface area contributed by atoms with Gasteiger partial charge < -0.3 is 20.9 Å². The Hall–Kier alpha value is -3.92. The van der Waals surface area contributed by atoms with Gasteiger partial charge in [0.2, 0.25) is 0 Å². The molecule has 0 aliphatic rings. The molecule has 0 saturated carbocycles. The maximum absolute atomic E-state index is 12.2. The van der Waals surface area contributed by atoms with Gasteiger partial charge in [0.1, 0.15) is 33.9 Å². The number of hydrogen-bond acceptors (Lipinski definition) is 7. The van der Waals surface area contributed by atoms with Gasteiger partial charge in [-0.25, -0.2) is 9.97 Å². The predicted molar refractivity (Wildman–Crippen MR) is 147 cm³/mol. The van der Waals surface area contributed by atoms with E-state index >= 15 is 0 Å². The second-order valence-electron chi connectivity index (χ2n) is 8.32. The van der Waals surface area contributed by atoms with Crippen LogP contribution in [0.2, 0.25) is 5.02 Å². The van der Waals surface area contributed by atoms with Gasteiger partial charge in [-0.2, -0.15) is 0 Å². The molecule has 0 aliphatic carbocycles. The van der Waals surface area contributed by atoms with E-state index in [2.05, 4.69) is 15.3 Å². The summed E-state index contributed by atoms with van der Waals surface area (Å²) in [6.45, 7) is 2.37. The molecule has 0 radical (unpaired) electrons. The Morgan fingerprint density at radius 3 is 2.70 bits per heavy atom. The van der Waals surface area contributed by atoms with Gasteiger partial charge in [0.25, 0.3) is 5.91 Å². The van der Waals surface area contributed by atoms with Gasteiger partial charge in [-0.1, -0.05) is 35.9 Å². The molecule has 5 aromatic rings. The summed E-state index contributed by atoms with van der Waals surface area (Å²) in [5, 5.41) is 13.3. The number of amides is 1. The maximum Gasteiger partial charge on any atom is 0.262 e. The van der Waals surface area contributed by atoms with E-state index in [0.717, 1.165) is 32.7 Å². The van der Waals surface area contributed by atoms with Crippen LogP contribution in [0.15, 0.2) is 73.2 Å². The summed E-state index contributed by atoms with van der Waals surface area (Å²) in [4.78, 5) is 21.5. The average molecular weight is 534 g/mol. The zero-order chi connectivity index (χ0) is 25.9. The first kappa shape index (κ1) is 24.8. The highest BCUT2D eigenvalue weighted by atomic mass is 35.5. The fourth-order valence-electron chi connectivity index (χ4n) is 4.02. The molecular formula is C27H24ClN5O3S. The lowest BCUT2D eigenvalue weighted by Gasteiger charge is -2.16. The summed E-state index contributed by atoms with van der Waals surface area (Å²) >= 11 is 7.57. The molecular weight excluding hydrogens is 510 g/mol. The number of aliphatic hydroxyl groups is 1. The number of aromatic nitrogens is 3. The number of primary amides is 1. The largest absolute Gasteiger partial charge is 0.484 e. The zero-order valence-electron chi connectivity index (χ0n) is 19.9. The molecule has 8 nitrogen and oxygen atoms in total. The fourth-order valence-corrected chi connectivity index (χ4v) is 5.24.